The fourth-order valence-electron chi connectivity index (χ4n) is 2.18. The van der Waals surface area contributed by atoms with Crippen LogP contribution in [0.2, 0.25) is 0 Å². The van der Waals surface area contributed by atoms with Crippen LogP contribution in [0.3, 0.4) is 0 Å². The molecule has 12 heteroatoms. The van der Waals surface area contributed by atoms with Crippen LogP contribution in [0, 0.1) is 6.92 Å². The van der Waals surface area contributed by atoms with Crippen molar-refractivity contribution in [1.29, 1.82) is 0 Å². The summed E-state index contributed by atoms with van der Waals surface area (Å²) in [5.41, 5.74) is 8.04. The van der Waals surface area contributed by atoms with Crippen LogP contribution in [-0.4, -0.2) is 40.9 Å². The van der Waals surface area contributed by atoms with Crippen LogP contribution in [0.4, 0.5) is 17.1 Å². The molecule has 0 heterocycles. The summed E-state index contributed by atoms with van der Waals surface area (Å²) >= 11 is 0. The molecule has 0 radical (unpaired) electrons. The predicted molar refractivity (Wildman–Crippen MR) is 102 cm³/mol. The molecule has 0 bridgehead atoms. The Morgan fingerprint density at radius 2 is 1.71 bits per heavy atom. The maximum atomic E-state index is 12.1. The molecule has 0 aliphatic heterocycles. The van der Waals surface area contributed by atoms with Crippen molar-refractivity contribution in [3.05, 3.63) is 42.0 Å². The summed E-state index contributed by atoms with van der Waals surface area (Å²) in [5.74, 6) is -0.147. The van der Waals surface area contributed by atoms with Crippen molar-refractivity contribution in [2.45, 2.75) is 11.8 Å². The highest BCUT2D eigenvalue weighted by atomic mass is 32.3. The van der Waals surface area contributed by atoms with E-state index < -0.39 is 32.6 Å². The van der Waals surface area contributed by atoms with Gasteiger partial charge in [-0.15, -0.1) is 0 Å². The number of ether oxygens (including phenoxy) is 1. The molecule has 2 aromatic carbocycles. The molecule has 152 valence electrons. The highest BCUT2D eigenvalue weighted by Gasteiger charge is 2.16. The van der Waals surface area contributed by atoms with Crippen LogP contribution in [0.25, 0.3) is 0 Å². The van der Waals surface area contributed by atoms with Crippen LogP contribution < -0.4 is 10.5 Å². The molecule has 0 fully saturated rings. The Balaban J connectivity index is 2.13. The number of benzene rings is 2. The number of sulfone groups is 1. The highest BCUT2D eigenvalue weighted by Crippen LogP contribution is 2.31. The largest absolute Gasteiger partial charge is 0.495 e. The van der Waals surface area contributed by atoms with E-state index in [1.54, 1.807) is 12.1 Å². The summed E-state index contributed by atoms with van der Waals surface area (Å²) in [6.07, 6.45) is 0. The Morgan fingerprint density at radius 1 is 1.07 bits per heavy atom. The fraction of sp³-hybridized carbons (Fsp3) is 0.250. The minimum atomic E-state index is -4.69. The lowest BCUT2D eigenvalue weighted by molar-refractivity contribution is 0.284. The van der Waals surface area contributed by atoms with Crippen molar-refractivity contribution < 1.29 is 30.3 Å². The van der Waals surface area contributed by atoms with Gasteiger partial charge in [0.05, 0.1) is 41.4 Å². The molecule has 0 aliphatic rings. The van der Waals surface area contributed by atoms with Gasteiger partial charge in [-0.2, -0.15) is 18.6 Å². The van der Waals surface area contributed by atoms with Crippen LogP contribution in [0.1, 0.15) is 5.56 Å². The smallest absolute Gasteiger partial charge is 0.397 e. The summed E-state index contributed by atoms with van der Waals surface area (Å²) in [6, 6.07) is 8.87. The second-order valence-corrected chi connectivity index (χ2v) is 8.84. The zero-order valence-corrected chi connectivity index (χ0v) is 16.7. The number of nitrogens with zero attached hydrogens (tertiary/aromatic N) is 2. The molecule has 0 saturated carbocycles. The summed E-state index contributed by atoms with van der Waals surface area (Å²) in [4.78, 5) is -0.0456. The number of methoxy groups -OCH3 is 1. The van der Waals surface area contributed by atoms with Crippen LogP contribution in [0.15, 0.2) is 51.5 Å². The predicted octanol–water partition coefficient (Wildman–Crippen LogP) is 2.59. The van der Waals surface area contributed by atoms with Gasteiger partial charge in [-0.25, -0.2) is 12.6 Å². The molecule has 28 heavy (non-hydrogen) atoms. The van der Waals surface area contributed by atoms with Crippen LogP contribution in [0.5, 0.6) is 5.75 Å². The monoisotopic (exact) mass is 429 g/mol. The van der Waals surface area contributed by atoms with E-state index in [0.29, 0.717) is 22.8 Å². The zero-order chi connectivity index (χ0) is 20.9. The summed E-state index contributed by atoms with van der Waals surface area (Å²) in [7, 11) is -6.99. The maximum Gasteiger partial charge on any atom is 0.397 e. The maximum absolute atomic E-state index is 12.1. The summed E-state index contributed by atoms with van der Waals surface area (Å²) < 4.78 is 62.8. The number of anilines is 1. The van der Waals surface area contributed by atoms with Gasteiger partial charge in [-0.3, -0.25) is 4.55 Å². The van der Waals surface area contributed by atoms with Gasteiger partial charge in [0.2, 0.25) is 0 Å². The first kappa shape index (κ1) is 21.8. The number of rotatable bonds is 8. The zero-order valence-electron chi connectivity index (χ0n) is 15.1. The van der Waals surface area contributed by atoms with E-state index in [9.17, 15) is 16.8 Å². The van der Waals surface area contributed by atoms with Crippen molar-refractivity contribution in [3.63, 3.8) is 0 Å². The molecule has 10 nitrogen and oxygen atoms in total. The van der Waals surface area contributed by atoms with Crippen molar-refractivity contribution in [2.24, 2.45) is 10.2 Å². The van der Waals surface area contributed by atoms with E-state index in [0.717, 1.165) is 5.56 Å². The van der Waals surface area contributed by atoms with Gasteiger partial charge in [0.25, 0.3) is 0 Å². The SMILES string of the molecule is COc1cc(N=Nc2ccc(S(=O)(=O)CCOS(=O)(=O)O)cc2)c(C)cc1N. The minimum absolute atomic E-state index is 0.0456. The van der Waals surface area contributed by atoms with Gasteiger partial charge in [-0.05, 0) is 42.8 Å². The second-order valence-electron chi connectivity index (χ2n) is 5.64. The first-order valence-corrected chi connectivity index (χ1v) is 10.8. The molecular weight excluding hydrogens is 410 g/mol. The topological polar surface area (TPSA) is 158 Å². The molecule has 0 unspecified atom stereocenters. The molecule has 0 spiro atoms. The molecule has 0 atom stereocenters. The Kier molecular flexibility index (Phi) is 6.72. The number of nitrogen functional groups attached to an aromatic ring is 1. The van der Waals surface area contributed by atoms with Crippen LogP contribution >= 0.6 is 0 Å². The van der Waals surface area contributed by atoms with E-state index in [2.05, 4.69) is 14.4 Å². The van der Waals surface area contributed by atoms with E-state index in [4.69, 9.17) is 15.0 Å². The van der Waals surface area contributed by atoms with Crippen molar-refractivity contribution in [2.75, 3.05) is 25.2 Å². The van der Waals surface area contributed by atoms with Gasteiger partial charge >= 0.3 is 10.4 Å². The lowest BCUT2D eigenvalue weighted by Gasteiger charge is -2.07. The average Bonchev–Trinajstić information content (AvgIpc) is 2.60. The van der Waals surface area contributed by atoms with Crippen molar-refractivity contribution in [1.82, 2.24) is 0 Å². The first-order valence-electron chi connectivity index (χ1n) is 7.82. The van der Waals surface area contributed by atoms with Crippen LogP contribution in [-0.2, 0) is 24.4 Å². The lowest BCUT2D eigenvalue weighted by Crippen LogP contribution is -2.15. The lowest BCUT2D eigenvalue weighted by atomic mass is 10.1. The number of aryl methyl sites for hydroxylation is 1. The Bertz CT molecular complexity index is 1080. The number of azo groups is 1. The minimum Gasteiger partial charge on any atom is -0.495 e. The van der Waals surface area contributed by atoms with Gasteiger partial charge < -0.3 is 10.5 Å². The van der Waals surface area contributed by atoms with Gasteiger partial charge in [-0.1, -0.05) is 0 Å². The van der Waals surface area contributed by atoms with Crippen molar-refractivity contribution in [3.8, 4) is 5.75 Å². The van der Waals surface area contributed by atoms with E-state index in [1.165, 1.54) is 31.4 Å². The molecular formula is C16H19N3O7S2. The molecule has 3 N–H and O–H groups in total. The summed E-state index contributed by atoms with van der Waals surface area (Å²) in [5, 5.41) is 8.18. The normalized spacial score (nSPS) is 12.4. The van der Waals surface area contributed by atoms with Crippen molar-refractivity contribution >= 4 is 37.3 Å². The molecule has 2 aromatic rings. The van der Waals surface area contributed by atoms with Gasteiger partial charge in [0.1, 0.15) is 5.75 Å². The molecule has 0 aliphatic carbocycles. The Labute approximate surface area is 162 Å². The van der Waals surface area contributed by atoms with Gasteiger partial charge in [0.15, 0.2) is 9.84 Å². The number of hydrogen-bond donors (Lipinski definition) is 2. The Hall–Kier alpha value is -2.54. The van der Waals surface area contributed by atoms with E-state index in [1.807, 2.05) is 6.92 Å². The third-order valence-corrected chi connectivity index (χ3v) is 5.76. The highest BCUT2D eigenvalue weighted by molar-refractivity contribution is 7.91. The number of nitrogens with two attached hydrogens (primary N) is 1. The first-order chi connectivity index (χ1) is 13.0. The summed E-state index contributed by atoms with van der Waals surface area (Å²) in [6.45, 7) is 1.12. The van der Waals surface area contributed by atoms with E-state index in [-0.39, 0.29) is 4.90 Å². The molecule has 0 saturated heterocycles. The second kappa shape index (κ2) is 8.65. The third kappa shape index (κ3) is 5.99. The van der Waals surface area contributed by atoms with E-state index >= 15 is 0 Å². The molecule has 0 aromatic heterocycles. The standard InChI is InChI=1S/C16H19N3O7S2/c1-11-9-14(17)16(25-2)10-15(11)19-18-12-3-5-13(6-4-12)27(20,21)8-7-26-28(22,23)24/h3-6,9-10H,7-8,17H2,1-2H3,(H,22,23,24). The Morgan fingerprint density at radius 3 is 2.29 bits per heavy atom. The fourth-order valence-corrected chi connectivity index (χ4v) is 3.67. The average molecular weight is 429 g/mol. The molecule has 2 rings (SSSR count). The molecule has 0 amide bonds. The third-order valence-electron chi connectivity index (χ3n) is 3.60. The quantitative estimate of drug-likeness (QED) is 0.368. The van der Waals surface area contributed by atoms with Gasteiger partial charge in [0, 0.05) is 6.07 Å². The number of hydrogen-bond acceptors (Lipinski definition) is 9.